The van der Waals surface area contributed by atoms with Gasteiger partial charge in [0, 0.05) is 29.7 Å². The molecule has 0 aliphatic heterocycles. The van der Waals surface area contributed by atoms with E-state index in [1.54, 1.807) is 6.07 Å². The van der Waals surface area contributed by atoms with Crippen LogP contribution in [0.2, 0.25) is 4.34 Å². The Morgan fingerprint density at radius 1 is 1.45 bits per heavy atom. The van der Waals surface area contributed by atoms with Gasteiger partial charge in [-0.15, -0.1) is 11.3 Å². The number of aromatic nitrogens is 2. The van der Waals surface area contributed by atoms with Gasteiger partial charge in [-0.25, -0.2) is 0 Å². The van der Waals surface area contributed by atoms with Crippen molar-refractivity contribution in [2.45, 2.75) is 39.0 Å². The van der Waals surface area contributed by atoms with Crippen molar-refractivity contribution < 1.29 is 5.11 Å². The first kappa shape index (κ1) is 15.5. The van der Waals surface area contributed by atoms with Gasteiger partial charge in [-0.3, -0.25) is 4.68 Å². The predicted octanol–water partition coefficient (Wildman–Crippen LogP) is 3.18. The molecule has 4 nitrogen and oxygen atoms in total. The number of hydrogen-bond donors (Lipinski definition) is 2. The first-order valence-electron chi connectivity index (χ1n) is 6.54. The first-order chi connectivity index (χ1) is 9.36. The molecular weight excluding hydrogens is 294 g/mol. The van der Waals surface area contributed by atoms with Gasteiger partial charge in [0.15, 0.2) is 0 Å². The van der Waals surface area contributed by atoms with Crippen molar-refractivity contribution in [2.75, 3.05) is 6.54 Å². The van der Waals surface area contributed by atoms with Gasteiger partial charge in [0.25, 0.3) is 0 Å². The molecule has 2 aromatic rings. The Balaban J connectivity index is 1.82. The Morgan fingerprint density at radius 3 is 2.75 bits per heavy atom. The molecule has 0 spiro atoms. The van der Waals surface area contributed by atoms with Crippen LogP contribution in [0.4, 0.5) is 0 Å². The third-order valence-electron chi connectivity index (χ3n) is 2.91. The summed E-state index contributed by atoms with van der Waals surface area (Å²) < 4.78 is 2.64. The SMILES string of the molecule is CC(C)(C)n1cc(CNCC(O)c2ccc(Cl)s2)cn1. The molecule has 2 rings (SSSR count). The first-order valence-corrected chi connectivity index (χ1v) is 7.74. The van der Waals surface area contributed by atoms with Crippen LogP contribution in [-0.2, 0) is 12.1 Å². The summed E-state index contributed by atoms with van der Waals surface area (Å²) in [5.41, 5.74) is 1.10. The van der Waals surface area contributed by atoms with Gasteiger partial charge in [-0.2, -0.15) is 5.10 Å². The normalized spacial score (nSPS) is 13.7. The van der Waals surface area contributed by atoms with E-state index in [0.29, 0.717) is 17.4 Å². The summed E-state index contributed by atoms with van der Waals surface area (Å²) in [6.45, 7) is 7.52. The Morgan fingerprint density at radius 2 is 2.20 bits per heavy atom. The molecule has 2 heterocycles. The summed E-state index contributed by atoms with van der Waals surface area (Å²) in [6.07, 6.45) is 3.36. The number of nitrogens with one attached hydrogen (secondary N) is 1. The Bertz CT molecular complexity index is 559. The van der Waals surface area contributed by atoms with Crippen LogP contribution >= 0.6 is 22.9 Å². The molecule has 2 N–H and O–H groups in total. The van der Waals surface area contributed by atoms with Crippen molar-refractivity contribution in [1.82, 2.24) is 15.1 Å². The van der Waals surface area contributed by atoms with Crippen molar-refractivity contribution in [3.05, 3.63) is 39.3 Å². The minimum Gasteiger partial charge on any atom is -0.386 e. The molecule has 0 amide bonds. The number of nitrogens with zero attached hydrogens (tertiary/aromatic N) is 2. The Labute approximate surface area is 128 Å². The van der Waals surface area contributed by atoms with Crippen molar-refractivity contribution >= 4 is 22.9 Å². The highest BCUT2D eigenvalue weighted by Crippen LogP contribution is 2.26. The summed E-state index contributed by atoms with van der Waals surface area (Å²) in [5.74, 6) is 0. The number of hydrogen-bond acceptors (Lipinski definition) is 4. The standard InChI is InChI=1S/C14H20ClN3OS/c1-14(2,3)18-9-10(7-17-18)6-16-8-11(19)12-4-5-13(15)20-12/h4-5,7,9,11,16,19H,6,8H2,1-3H3. The summed E-state index contributed by atoms with van der Waals surface area (Å²) in [7, 11) is 0. The quantitative estimate of drug-likeness (QED) is 0.891. The second-order valence-electron chi connectivity index (χ2n) is 5.75. The predicted molar refractivity (Wildman–Crippen MR) is 83.2 cm³/mol. The van der Waals surface area contributed by atoms with Gasteiger partial charge < -0.3 is 10.4 Å². The average molecular weight is 314 g/mol. The highest BCUT2D eigenvalue weighted by Gasteiger charge is 2.14. The lowest BCUT2D eigenvalue weighted by molar-refractivity contribution is 0.178. The monoisotopic (exact) mass is 313 g/mol. The van der Waals surface area contributed by atoms with Gasteiger partial charge in [0.2, 0.25) is 0 Å². The average Bonchev–Trinajstić information content (AvgIpc) is 2.97. The molecule has 0 saturated heterocycles. The molecule has 1 unspecified atom stereocenters. The number of rotatable bonds is 5. The molecule has 0 bridgehead atoms. The molecule has 110 valence electrons. The lowest BCUT2D eigenvalue weighted by Crippen LogP contribution is -2.22. The fourth-order valence-corrected chi connectivity index (χ4v) is 2.83. The number of halogens is 1. The minimum absolute atomic E-state index is 0.00845. The largest absolute Gasteiger partial charge is 0.386 e. The summed E-state index contributed by atoms with van der Waals surface area (Å²) in [4.78, 5) is 0.882. The van der Waals surface area contributed by atoms with Gasteiger partial charge in [0.1, 0.15) is 6.10 Å². The maximum atomic E-state index is 10.0. The van der Waals surface area contributed by atoms with Gasteiger partial charge in [-0.05, 0) is 32.9 Å². The van der Waals surface area contributed by atoms with Crippen LogP contribution in [0, 0.1) is 0 Å². The lowest BCUT2D eigenvalue weighted by atomic mass is 10.1. The zero-order valence-corrected chi connectivity index (χ0v) is 13.5. The second kappa shape index (κ2) is 6.26. The van der Waals surface area contributed by atoms with Gasteiger partial charge in [0.05, 0.1) is 16.1 Å². The summed E-state index contributed by atoms with van der Waals surface area (Å²) in [5, 5.41) is 17.6. The molecule has 0 aromatic carbocycles. The fourth-order valence-electron chi connectivity index (χ4n) is 1.78. The van der Waals surface area contributed by atoms with E-state index in [0.717, 1.165) is 10.4 Å². The van der Waals surface area contributed by atoms with Crippen LogP contribution in [0.3, 0.4) is 0 Å². The zero-order valence-electron chi connectivity index (χ0n) is 11.9. The van der Waals surface area contributed by atoms with Crippen LogP contribution < -0.4 is 5.32 Å². The van der Waals surface area contributed by atoms with Crippen LogP contribution in [0.15, 0.2) is 24.5 Å². The van der Waals surface area contributed by atoms with E-state index in [4.69, 9.17) is 11.6 Å². The van der Waals surface area contributed by atoms with Crippen molar-refractivity contribution in [1.29, 1.82) is 0 Å². The zero-order chi connectivity index (χ0) is 14.8. The molecule has 6 heteroatoms. The Kier molecular flexibility index (Phi) is 4.86. The van der Waals surface area contributed by atoms with Crippen LogP contribution in [-0.4, -0.2) is 21.4 Å². The maximum Gasteiger partial charge on any atom is 0.101 e. The van der Waals surface area contributed by atoms with Crippen molar-refractivity contribution in [3.8, 4) is 0 Å². The third-order valence-corrected chi connectivity index (χ3v) is 4.24. The highest BCUT2D eigenvalue weighted by atomic mass is 35.5. The van der Waals surface area contributed by atoms with E-state index >= 15 is 0 Å². The second-order valence-corrected chi connectivity index (χ2v) is 7.50. The molecule has 0 saturated carbocycles. The fraction of sp³-hybridized carbons (Fsp3) is 0.500. The van der Waals surface area contributed by atoms with Gasteiger partial charge >= 0.3 is 0 Å². The maximum absolute atomic E-state index is 10.0. The molecule has 0 aliphatic rings. The number of aliphatic hydroxyl groups excluding tert-OH is 1. The van der Waals surface area contributed by atoms with Crippen molar-refractivity contribution in [3.63, 3.8) is 0 Å². The Hall–Kier alpha value is -0.880. The molecule has 1 atom stereocenters. The topological polar surface area (TPSA) is 50.1 Å². The molecule has 2 aromatic heterocycles. The third kappa shape index (κ3) is 4.06. The number of thiophene rings is 1. The van der Waals surface area contributed by atoms with E-state index in [-0.39, 0.29) is 5.54 Å². The summed E-state index contributed by atoms with van der Waals surface area (Å²) >= 11 is 7.26. The molecule has 20 heavy (non-hydrogen) atoms. The van der Waals surface area contributed by atoms with Crippen LogP contribution in [0.5, 0.6) is 0 Å². The minimum atomic E-state index is -0.523. The molecule has 0 fully saturated rings. The van der Waals surface area contributed by atoms with Crippen LogP contribution in [0.25, 0.3) is 0 Å². The van der Waals surface area contributed by atoms with E-state index in [1.165, 1.54) is 11.3 Å². The van der Waals surface area contributed by atoms with E-state index in [1.807, 2.05) is 23.1 Å². The van der Waals surface area contributed by atoms with Crippen LogP contribution in [0.1, 0.15) is 37.3 Å². The number of aliphatic hydroxyl groups is 1. The molecule has 0 aliphatic carbocycles. The van der Waals surface area contributed by atoms with E-state index in [9.17, 15) is 5.11 Å². The van der Waals surface area contributed by atoms with Crippen molar-refractivity contribution in [2.24, 2.45) is 0 Å². The molecule has 0 radical (unpaired) electrons. The highest BCUT2D eigenvalue weighted by molar-refractivity contribution is 7.16. The smallest absolute Gasteiger partial charge is 0.101 e. The molecular formula is C14H20ClN3OS. The van der Waals surface area contributed by atoms with E-state index in [2.05, 4.69) is 31.2 Å². The summed E-state index contributed by atoms with van der Waals surface area (Å²) in [6, 6.07) is 3.66. The van der Waals surface area contributed by atoms with Gasteiger partial charge in [-0.1, -0.05) is 11.6 Å². The van der Waals surface area contributed by atoms with E-state index < -0.39 is 6.10 Å². The lowest BCUT2D eigenvalue weighted by Gasteiger charge is -2.18.